The quantitative estimate of drug-likeness (QED) is 0.595. The van der Waals surface area contributed by atoms with Gasteiger partial charge in [-0.25, -0.2) is 14.4 Å². The molecule has 1 saturated heterocycles. The van der Waals surface area contributed by atoms with Crippen molar-refractivity contribution in [2.45, 2.75) is 0 Å². The van der Waals surface area contributed by atoms with Crippen molar-refractivity contribution in [3.05, 3.63) is 41.7 Å². The van der Waals surface area contributed by atoms with E-state index in [9.17, 15) is 4.39 Å². The Morgan fingerprint density at radius 2 is 2.00 bits per heavy atom. The van der Waals surface area contributed by atoms with E-state index in [0.717, 1.165) is 40.0 Å². The van der Waals surface area contributed by atoms with Gasteiger partial charge in [-0.15, -0.1) is 11.3 Å². The van der Waals surface area contributed by atoms with Gasteiger partial charge >= 0.3 is 0 Å². The molecule has 0 unspecified atom stereocenters. The van der Waals surface area contributed by atoms with Gasteiger partial charge in [0.25, 0.3) is 0 Å². The second kappa shape index (κ2) is 5.79. The average Bonchev–Trinajstić information content (AvgIpc) is 3.30. The molecule has 5 rings (SSSR count). The number of anilines is 1. The van der Waals surface area contributed by atoms with Crippen molar-refractivity contribution in [1.82, 2.24) is 15.0 Å². The third kappa shape index (κ3) is 2.39. The van der Waals surface area contributed by atoms with Gasteiger partial charge < -0.3 is 14.6 Å². The number of benzene rings is 1. The Morgan fingerprint density at radius 3 is 2.88 bits per heavy atom. The predicted octanol–water partition coefficient (Wildman–Crippen LogP) is 3.82. The van der Waals surface area contributed by atoms with E-state index in [2.05, 4.69) is 14.9 Å². The summed E-state index contributed by atoms with van der Waals surface area (Å²) in [6.07, 6.45) is 1.81. The lowest BCUT2D eigenvalue weighted by Gasteiger charge is -2.28. The molecule has 1 N–H and O–H groups in total. The van der Waals surface area contributed by atoms with Crippen LogP contribution in [0.4, 0.5) is 10.2 Å². The summed E-state index contributed by atoms with van der Waals surface area (Å²) < 4.78 is 21.1. The van der Waals surface area contributed by atoms with E-state index in [1.54, 1.807) is 23.6 Å². The van der Waals surface area contributed by atoms with Gasteiger partial charge in [0.1, 0.15) is 5.82 Å². The zero-order valence-electron chi connectivity index (χ0n) is 13.3. The van der Waals surface area contributed by atoms with Crippen LogP contribution in [0, 0.1) is 5.82 Å². The second-order valence-electron chi connectivity index (χ2n) is 5.97. The number of ether oxygens (including phenoxy) is 1. The number of rotatable bonds is 2. The summed E-state index contributed by atoms with van der Waals surface area (Å²) in [4.78, 5) is 14.7. The molecule has 5 nitrogen and oxygen atoms in total. The summed E-state index contributed by atoms with van der Waals surface area (Å²) in [5, 5.41) is 2.79. The summed E-state index contributed by atoms with van der Waals surface area (Å²) in [5.41, 5.74) is 2.17. The number of thiophene rings is 1. The van der Waals surface area contributed by atoms with Crippen molar-refractivity contribution in [3.8, 4) is 11.4 Å². The van der Waals surface area contributed by atoms with E-state index in [-0.39, 0.29) is 5.82 Å². The van der Waals surface area contributed by atoms with Crippen LogP contribution in [-0.4, -0.2) is 41.3 Å². The van der Waals surface area contributed by atoms with Crippen LogP contribution in [0.25, 0.3) is 32.5 Å². The standard InChI is InChI=1S/C18H15FN4OS/c19-12-1-2-13-11(3-5-20-13)15(12)17-21-14-4-10-25-16(14)18(22-17)23-6-8-24-9-7-23/h1-5,10,20H,6-9H2. The number of nitrogens with zero attached hydrogens (tertiary/aromatic N) is 3. The van der Waals surface area contributed by atoms with E-state index in [1.807, 2.05) is 17.5 Å². The number of morpholine rings is 1. The van der Waals surface area contributed by atoms with Crippen LogP contribution in [0.15, 0.2) is 35.8 Å². The van der Waals surface area contributed by atoms with E-state index in [1.165, 1.54) is 6.07 Å². The summed E-state index contributed by atoms with van der Waals surface area (Å²) in [7, 11) is 0. The lowest BCUT2D eigenvalue weighted by atomic mass is 10.1. The number of fused-ring (bicyclic) bond motifs is 2. The Morgan fingerprint density at radius 1 is 1.12 bits per heavy atom. The third-order valence-corrected chi connectivity index (χ3v) is 5.40. The number of hydrogen-bond donors (Lipinski definition) is 1. The summed E-state index contributed by atoms with van der Waals surface area (Å²) >= 11 is 1.61. The van der Waals surface area contributed by atoms with Gasteiger partial charge in [0.05, 0.1) is 29.0 Å². The highest BCUT2D eigenvalue weighted by molar-refractivity contribution is 7.17. The van der Waals surface area contributed by atoms with Gasteiger partial charge in [-0.05, 0) is 29.6 Å². The topological polar surface area (TPSA) is 54.0 Å². The van der Waals surface area contributed by atoms with E-state index in [0.29, 0.717) is 24.6 Å². The van der Waals surface area contributed by atoms with Crippen LogP contribution >= 0.6 is 11.3 Å². The summed E-state index contributed by atoms with van der Waals surface area (Å²) in [6.45, 7) is 2.91. The first-order chi connectivity index (χ1) is 12.3. The van der Waals surface area contributed by atoms with E-state index < -0.39 is 0 Å². The maximum Gasteiger partial charge on any atom is 0.165 e. The van der Waals surface area contributed by atoms with Crippen LogP contribution in [0.1, 0.15) is 0 Å². The minimum absolute atomic E-state index is 0.311. The summed E-state index contributed by atoms with van der Waals surface area (Å²) in [6, 6.07) is 7.03. The molecule has 1 aliphatic rings. The smallest absolute Gasteiger partial charge is 0.165 e. The van der Waals surface area contributed by atoms with Gasteiger partial charge in [0.15, 0.2) is 11.6 Å². The minimum atomic E-state index is -0.311. The number of aromatic amines is 1. The third-order valence-electron chi connectivity index (χ3n) is 4.50. The molecule has 1 aliphatic heterocycles. The molecule has 0 aliphatic carbocycles. The van der Waals surface area contributed by atoms with E-state index in [4.69, 9.17) is 9.72 Å². The van der Waals surface area contributed by atoms with Crippen molar-refractivity contribution in [1.29, 1.82) is 0 Å². The molecule has 1 aromatic carbocycles. The van der Waals surface area contributed by atoms with Gasteiger partial charge in [0, 0.05) is 30.2 Å². The Kier molecular flexibility index (Phi) is 3.43. The molecule has 3 aromatic heterocycles. The van der Waals surface area contributed by atoms with Crippen molar-refractivity contribution < 1.29 is 9.13 Å². The SMILES string of the molecule is Fc1ccc2[nH]ccc2c1-c1nc(N2CCOCC2)c2sccc2n1. The van der Waals surface area contributed by atoms with E-state index >= 15 is 0 Å². The van der Waals surface area contributed by atoms with Gasteiger partial charge in [-0.2, -0.15) is 0 Å². The van der Waals surface area contributed by atoms with Crippen molar-refractivity contribution in [2.24, 2.45) is 0 Å². The average molecular weight is 354 g/mol. The molecule has 0 amide bonds. The highest BCUT2D eigenvalue weighted by atomic mass is 32.1. The molecule has 1 fully saturated rings. The second-order valence-corrected chi connectivity index (χ2v) is 6.88. The molecule has 7 heteroatoms. The maximum absolute atomic E-state index is 14.7. The Hall–Kier alpha value is -2.51. The van der Waals surface area contributed by atoms with Gasteiger partial charge in [0.2, 0.25) is 0 Å². The molecule has 0 bridgehead atoms. The molecule has 4 aromatic rings. The minimum Gasteiger partial charge on any atom is -0.378 e. The first-order valence-corrected chi connectivity index (χ1v) is 9.03. The van der Waals surface area contributed by atoms with Crippen molar-refractivity contribution in [3.63, 3.8) is 0 Å². The normalized spacial score (nSPS) is 15.3. The van der Waals surface area contributed by atoms with Crippen LogP contribution in [-0.2, 0) is 4.74 Å². The predicted molar refractivity (Wildman–Crippen MR) is 97.7 cm³/mol. The number of hydrogen-bond acceptors (Lipinski definition) is 5. The molecular weight excluding hydrogens is 339 g/mol. The first-order valence-electron chi connectivity index (χ1n) is 8.15. The fraction of sp³-hybridized carbons (Fsp3) is 0.222. The number of aromatic nitrogens is 3. The number of nitrogens with one attached hydrogen (secondary N) is 1. The molecular formula is C18H15FN4OS. The van der Waals surface area contributed by atoms with Crippen LogP contribution in [0.5, 0.6) is 0 Å². The molecule has 0 spiro atoms. The molecule has 0 saturated carbocycles. The first kappa shape index (κ1) is 14.8. The Balaban J connectivity index is 1.76. The van der Waals surface area contributed by atoms with Crippen LogP contribution < -0.4 is 4.90 Å². The molecule has 0 radical (unpaired) electrons. The highest BCUT2D eigenvalue weighted by Gasteiger charge is 2.21. The van der Waals surface area contributed by atoms with Crippen molar-refractivity contribution in [2.75, 3.05) is 31.2 Å². The lowest BCUT2D eigenvalue weighted by molar-refractivity contribution is 0.122. The fourth-order valence-electron chi connectivity index (χ4n) is 3.28. The number of halogens is 1. The zero-order chi connectivity index (χ0) is 16.8. The van der Waals surface area contributed by atoms with Crippen LogP contribution in [0.2, 0.25) is 0 Å². The molecule has 4 heterocycles. The van der Waals surface area contributed by atoms with Crippen LogP contribution in [0.3, 0.4) is 0 Å². The highest BCUT2D eigenvalue weighted by Crippen LogP contribution is 2.35. The zero-order valence-corrected chi connectivity index (χ0v) is 14.1. The Bertz CT molecular complexity index is 1070. The van der Waals surface area contributed by atoms with Gasteiger partial charge in [-0.3, -0.25) is 0 Å². The molecule has 126 valence electrons. The van der Waals surface area contributed by atoms with Crippen molar-refractivity contribution >= 4 is 38.3 Å². The van der Waals surface area contributed by atoms with Gasteiger partial charge in [-0.1, -0.05) is 0 Å². The Labute approximate surface area is 147 Å². The maximum atomic E-state index is 14.7. The monoisotopic (exact) mass is 354 g/mol. The lowest BCUT2D eigenvalue weighted by Crippen LogP contribution is -2.36. The molecule has 25 heavy (non-hydrogen) atoms. The molecule has 0 atom stereocenters. The number of H-pyrrole nitrogens is 1. The fourth-order valence-corrected chi connectivity index (χ4v) is 4.13. The largest absolute Gasteiger partial charge is 0.378 e. The summed E-state index contributed by atoms with van der Waals surface area (Å²) in [5.74, 6) is 0.981.